The number of piperidine rings is 1. The number of rotatable bonds is 1. The minimum absolute atomic E-state index is 0.283. The van der Waals surface area contributed by atoms with Crippen LogP contribution in [0.1, 0.15) is 12.8 Å². The van der Waals surface area contributed by atoms with Crippen LogP contribution in [0, 0.1) is 0 Å². The number of aryl methyl sites for hydroxylation is 1. The summed E-state index contributed by atoms with van der Waals surface area (Å²) in [6.45, 7) is 2.00. The highest BCUT2D eigenvalue weighted by atomic mass is 35.5. The molecule has 0 bridgehead atoms. The highest BCUT2D eigenvalue weighted by molar-refractivity contribution is 6.21. The fourth-order valence-corrected chi connectivity index (χ4v) is 2.09. The summed E-state index contributed by atoms with van der Waals surface area (Å²) in [5.41, 5.74) is 0. The van der Waals surface area contributed by atoms with Gasteiger partial charge in [-0.3, -0.25) is 0 Å². The molecule has 0 aromatic carbocycles. The summed E-state index contributed by atoms with van der Waals surface area (Å²) < 4.78 is 2.04. The number of nitrogens with zero attached hydrogens (tertiary/aromatic N) is 3. The van der Waals surface area contributed by atoms with Crippen molar-refractivity contribution in [3.63, 3.8) is 0 Å². The van der Waals surface area contributed by atoms with Crippen LogP contribution in [-0.4, -0.2) is 28.0 Å². The molecule has 0 saturated carbocycles. The maximum Gasteiger partial charge on any atom is 0.205 e. The van der Waals surface area contributed by atoms with Crippen molar-refractivity contribution in [1.29, 1.82) is 0 Å². The largest absolute Gasteiger partial charge is 0.341 e. The molecule has 0 radical (unpaired) electrons. The molecule has 1 saturated heterocycles. The minimum atomic E-state index is 0.283. The van der Waals surface area contributed by atoms with E-state index in [1.54, 1.807) is 0 Å². The van der Waals surface area contributed by atoms with E-state index in [2.05, 4.69) is 9.88 Å². The molecule has 2 rings (SSSR count). The zero-order valence-corrected chi connectivity index (χ0v) is 8.54. The summed E-state index contributed by atoms with van der Waals surface area (Å²) in [6, 6.07) is 0. The van der Waals surface area contributed by atoms with Crippen LogP contribution < -0.4 is 4.90 Å². The predicted octanol–water partition coefficient (Wildman–Crippen LogP) is 1.63. The number of imidazole rings is 1. The van der Waals surface area contributed by atoms with Crippen molar-refractivity contribution in [3.8, 4) is 0 Å². The Morgan fingerprint density at radius 2 is 2.46 bits per heavy atom. The maximum absolute atomic E-state index is 6.10. The van der Waals surface area contributed by atoms with Gasteiger partial charge in [0.2, 0.25) is 5.95 Å². The summed E-state index contributed by atoms with van der Waals surface area (Å²) in [6.07, 6.45) is 6.09. The molecule has 0 spiro atoms. The van der Waals surface area contributed by atoms with Gasteiger partial charge in [0.15, 0.2) is 0 Å². The number of hydrogen-bond donors (Lipinski definition) is 0. The molecule has 0 amide bonds. The fourth-order valence-electron chi connectivity index (χ4n) is 1.77. The summed E-state index contributed by atoms with van der Waals surface area (Å²) >= 11 is 6.10. The molecule has 2 heterocycles. The lowest BCUT2D eigenvalue weighted by molar-refractivity contribution is 0.568. The van der Waals surface area contributed by atoms with Gasteiger partial charge in [0.1, 0.15) is 0 Å². The van der Waals surface area contributed by atoms with E-state index in [1.165, 1.54) is 6.42 Å². The predicted molar refractivity (Wildman–Crippen MR) is 54.3 cm³/mol. The molecule has 1 aliphatic rings. The van der Waals surface area contributed by atoms with Gasteiger partial charge in [-0.15, -0.1) is 11.6 Å². The average Bonchev–Trinajstić information content (AvgIpc) is 2.51. The van der Waals surface area contributed by atoms with Crippen LogP contribution in [0.5, 0.6) is 0 Å². The Bertz CT molecular complexity index is 284. The molecule has 1 aliphatic heterocycles. The molecule has 4 heteroatoms. The van der Waals surface area contributed by atoms with Crippen LogP contribution >= 0.6 is 11.6 Å². The van der Waals surface area contributed by atoms with E-state index in [9.17, 15) is 0 Å². The molecule has 1 aromatic heterocycles. The van der Waals surface area contributed by atoms with E-state index in [0.29, 0.717) is 0 Å². The van der Waals surface area contributed by atoms with Gasteiger partial charge in [0.25, 0.3) is 0 Å². The van der Waals surface area contributed by atoms with E-state index >= 15 is 0 Å². The van der Waals surface area contributed by atoms with Crippen LogP contribution in [0.15, 0.2) is 12.4 Å². The smallest absolute Gasteiger partial charge is 0.205 e. The quantitative estimate of drug-likeness (QED) is 0.642. The molecule has 0 N–H and O–H groups in total. The van der Waals surface area contributed by atoms with Crippen LogP contribution in [0.3, 0.4) is 0 Å². The standard InChI is InChI=1S/C9H14ClN3/c1-12-6-4-11-9(12)13-5-2-3-8(10)7-13/h4,6,8H,2-3,5,7H2,1H3. The lowest BCUT2D eigenvalue weighted by Crippen LogP contribution is -2.37. The summed E-state index contributed by atoms with van der Waals surface area (Å²) in [5, 5.41) is 0.283. The summed E-state index contributed by atoms with van der Waals surface area (Å²) in [4.78, 5) is 6.56. The molecular formula is C9H14ClN3. The molecule has 3 nitrogen and oxygen atoms in total. The molecule has 1 unspecified atom stereocenters. The van der Waals surface area contributed by atoms with E-state index in [0.717, 1.165) is 25.5 Å². The van der Waals surface area contributed by atoms with Gasteiger partial charge in [-0.1, -0.05) is 0 Å². The molecular weight excluding hydrogens is 186 g/mol. The first kappa shape index (κ1) is 8.88. The summed E-state index contributed by atoms with van der Waals surface area (Å²) in [5.74, 6) is 1.03. The first-order valence-corrected chi connectivity index (χ1v) is 5.07. The third-order valence-corrected chi connectivity index (χ3v) is 2.80. The molecule has 1 aromatic rings. The van der Waals surface area contributed by atoms with Gasteiger partial charge < -0.3 is 9.47 Å². The SMILES string of the molecule is Cn1ccnc1N1CCCC(Cl)C1. The van der Waals surface area contributed by atoms with Crippen LogP contribution in [-0.2, 0) is 7.05 Å². The Kier molecular flexibility index (Phi) is 2.44. The number of hydrogen-bond acceptors (Lipinski definition) is 2. The minimum Gasteiger partial charge on any atom is -0.341 e. The first-order chi connectivity index (χ1) is 6.27. The number of aromatic nitrogens is 2. The van der Waals surface area contributed by atoms with Crippen molar-refractivity contribution in [1.82, 2.24) is 9.55 Å². The van der Waals surface area contributed by atoms with E-state index < -0.39 is 0 Å². The lowest BCUT2D eigenvalue weighted by atomic mass is 10.1. The Morgan fingerprint density at radius 3 is 3.08 bits per heavy atom. The van der Waals surface area contributed by atoms with Crippen molar-refractivity contribution in [3.05, 3.63) is 12.4 Å². The Labute approximate surface area is 83.3 Å². The highest BCUT2D eigenvalue weighted by Gasteiger charge is 2.20. The molecule has 72 valence electrons. The van der Waals surface area contributed by atoms with Gasteiger partial charge >= 0.3 is 0 Å². The second-order valence-electron chi connectivity index (χ2n) is 3.52. The Balaban J connectivity index is 2.12. The van der Waals surface area contributed by atoms with Gasteiger partial charge in [-0.25, -0.2) is 4.98 Å². The second kappa shape index (κ2) is 3.58. The zero-order chi connectivity index (χ0) is 9.26. The fraction of sp³-hybridized carbons (Fsp3) is 0.667. The van der Waals surface area contributed by atoms with Gasteiger partial charge in [-0.2, -0.15) is 0 Å². The molecule has 1 atom stereocenters. The maximum atomic E-state index is 6.10. The van der Waals surface area contributed by atoms with Gasteiger partial charge in [0.05, 0.1) is 5.38 Å². The monoisotopic (exact) mass is 199 g/mol. The van der Waals surface area contributed by atoms with Crippen molar-refractivity contribution >= 4 is 17.5 Å². The highest BCUT2D eigenvalue weighted by Crippen LogP contribution is 2.20. The third kappa shape index (κ3) is 1.80. The normalized spacial score (nSPS) is 23.5. The topological polar surface area (TPSA) is 21.1 Å². The van der Waals surface area contributed by atoms with Gasteiger partial charge in [0, 0.05) is 32.5 Å². The van der Waals surface area contributed by atoms with E-state index in [4.69, 9.17) is 11.6 Å². The summed E-state index contributed by atoms with van der Waals surface area (Å²) in [7, 11) is 2.01. The molecule has 13 heavy (non-hydrogen) atoms. The van der Waals surface area contributed by atoms with Crippen molar-refractivity contribution in [2.24, 2.45) is 7.05 Å². The van der Waals surface area contributed by atoms with E-state index in [-0.39, 0.29) is 5.38 Å². The number of alkyl halides is 1. The second-order valence-corrected chi connectivity index (χ2v) is 4.14. The van der Waals surface area contributed by atoms with Crippen LogP contribution in [0.25, 0.3) is 0 Å². The zero-order valence-electron chi connectivity index (χ0n) is 7.78. The van der Waals surface area contributed by atoms with Crippen molar-refractivity contribution in [2.75, 3.05) is 18.0 Å². The van der Waals surface area contributed by atoms with Crippen LogP contribution in [0.2, 0.25) is 0 Å². The average molecular weight is 200 g/mol. The Hall–Kier alpha value is -0.700. The van der Waals surface area contributed by atoms with Gasteiger partial charge in [-0.05, 0) is 12.8 Å². The van der Waals surface area contributed by atoms with E-state index in [1.807, 2.05) is 24.0 Å². The first-order valence-electron chi connectivity index (χ1n) is 4.63. The third-order valence-electron chi connectivity index (χ3n) is 2.44. The lowest BCUT2D eigenvalue weighted by Gasteiger charge is -2.30. The molecule has 0 aliphatic carbocycles. The Morgan fingerprint density at radius 1 is 1.62 bits per heavy atom. The van der Waals surface area contributed by atoms with Crippen molar-refractivity contribution in [2.45, 2.75) is 18.2 Å². The molecule has 1 fully saturated rings. The van der Waals surface area contributed by atoms with Crippen molar-refractivity contribution < 1.29 is 0 Å². The number of halogens is 1. The van der Waals surface area contributed by atoms with Crippen LogP contribution in [0.4, 0.5) is 5.95 Å². The number of anilines is 1.